The first-order chi connectivity index (χ1) is 17.0. The number of hydrogen-bond acceptors (Lipinski definition) is 5. The number of halogens is 2. The minimum absolute atomic E-state index is 0.0957. The zero-order valence-corrected chi connectivity index (χ0v) is 21.9. The van der Waals surface area contributed by atoms with Crippen molar-refractivity contribution in [3.8, 4) is 11.5 Å². The molecule has 0 fully saturated rings. The summed E-state index contributed by atoms with van der Waals surface area (Å²) in [5.41, 5.74) is 5.09. The first kappa shape index (κ1) is 24.1. The van der Waals surface area contributed by atoms with Crippen molar-refractivity contribution in [2.75, 3.05) is 6.61 Å². The van der Waals surface area contributed by atoms with Crippen molar-refractivity contribution >= 4 is 39.1 Å². The van der Waals surface area contributed by atoms with Gasteiger partial charge in [-0.25, -0.2) is 0 Å². The average molecular weight is 557 g/mol. The second-order valence-electron chi connectivity index (χ2n) is 9.07. The van der Waals surface area contributed by atoms with E-state index in [2.05, 4.69) is 21.2 Å². The predicted octanol–water partition coefficient (Wildman–Crippen LogP) is 6.78. The van der Waals surface area contributed by atoms with Gasteiger partial charge in [-0.1, -0.05) is 39.7 Å². The van der Waals surface area contributed by atoms with Crippen molar-refractivity contribution in [2.24, 2.45) is 0 Å². The molecule has 0 unspecified atom stereocenters. The van der Waals surface area contributed by atoms with Crippen molar-refractivity contribution in [3.63, 3.8) is 0 Å². The first-order valence-corrected chi connectivity index (χ1v) is 13.3. The van der Waals surface area contributed by atoms with Crippen LogP contribution in [0.5, 0.6) is 11.5 Å². The zero-order valence-electron chi connectivity index (χ0n) is 19.6. The Morgan fingerprint density at radius 3 is 2.17 bits per heavy atom. The summed E-state index contributed by atoms with van der Waals surface area (Å²) in [5, 5.41) is 3.85. The molecule has 2 aliphatic carbocycles. The van der Waals surface area contributed by atoms with Crippen LogP contribution in [-0.4, -0.2) is 18.2 Å². The smallest absolute Gasteiger partial charge is 0.180 e. The van der Waals surface area contributed by atoms with Gasteiger partial charge in [-0.05, 0) is 68.0 Å². The van der Waals surface area contributed by atoms with Crippen LogP contribution in [0.25, 0.3) is 0 Å². The molecule has 0 saturated carbocycles. The molecular weight excluding hydrogens is 530 g/mol. The van der Waals surface area contributed by atoms with Gasteiger partial charge < -0.3 is 14.8 Å². The van der Waals surface area contributed by atoms with Crippen molar-refractivity contribution in [1.29, 1.82) is 0 Å². The van der Waals surface area contributed by atoms with Gasteiger partial charge in [0, 0.05) is 45.8 Å². The molecule has 5 nitrogen and oxygen atoms in total. The Kier molecular flexibility index (Phi) is 7.03. The monoisotopic (exact) mass is 555 g/mol. The molecule has 0 amide bonds. The fourth-order valence-electron chi connectivity index (χ4n) is 5.21. The number of carbonyl (C=O) groups excluding carboxylic acids is 2. The second-order valence-corrected chi connectivity index (χ2v) is 10.4. The Hall–Kier alpha value is -2.57. The van der Waals surface area contributed by atoms with Gasteiger partial charge in [0.15, 0.2) is 23.1 Å². The summed E-state index contributed by atoms with van der Waals surface area (Å²) < 4.78 is 13.0. The van der Waals surface area contributed by atoms with Gasteiger partial charge in [0.1, 0.15) is 6.61 Å². The number of ether oxygens (including phenoxy) is 2. The summed E-state index contributed by atoms with van der Waals surface area (Å²) in [6.07, 6.45) is 4.25. The van der Waals surface area contributed by atoms with E-state index >= 15 is 0 Å². The van der Waals surface area contributed by atoms with E-state index in [0.717, 1.165) is 52.7 Å². The third-order valence-corrected chi connectivity index (χ3v) is 7.56. The summed E-state index contributed by atoms with van der Waals surface area (Å²) in [6.45, 7) is 2.67. The Bertz CT molecular complexity index is 1210. The summed E-state index contributed by atoms with van der Waals surface area (Å²) in [4.78, 5) is 26.2. The SMILES string of the molecule is CCOc1cc(C2C3=C(CCCC3=O)NC3=C2C(=O)CCC3)cc(Cl)c1OCc1ccc(Br)cc1. The number of nitrogens with one attached hydrogen (secondary N) is 1. The lowest BCUT2D eigenvalue weighted by molar-refractivity contribution is -0.116. The Morgan fingerprint density at radius 2 is 1.57 bits per heavy atom. The highest BCUT2D eigenvalue weighted by atomic mass is 79.9. The van der Waals surface area contributed by atoms with Gasteiger partial charge >= 0.3 is 0 Å². The highest BCUT2D eigenvalue weighted by Gasteiger charge is 2.40. The molecular formula is C28H27BrClNO4. The number of ketones is 2. The van der Waals surface area contributed by atoms with Crippen LogP contribution in [0.1, 0.15) is 62.5 Å². The van der Waals surface area contributed by atoms with E-state index in [1.165, 1.54) is 0 Å². The summed E-state index contributed by atoms with van der Waals surface area (Å²) in [7, 11) is 0. The molecule has 5 rings (SSSR count). The molecule has 1 N–H and O–H groups in total. The summed E-state index contributed by atoms with van der Waals surface area (Å²) in [6, 6.07) is 11.6. The van der Waals surface area contributed by atoms with E-state index < -0.39 is 5.92 Å². The van der Waals surface area contributed by atoms with E-state index in [1.807, 2.05) is 43.3 Å². The third kappa shape index (κ3) is 4.78. The van der Waals surface area contributed by atoms with Crippen LogP contribution >= 0.6 is 27.5 Å². The molecule has 0 bridgehead atoms. The van der Waals surface area contributed by atoms with Crippen molar-refractivity contribution in [2.45, 2.75) is 58.0 Å². The van der Waals surface area contributed by atoms with E-state index in [1.54, 1.807) is 0 Å². The molecule has 2 aromatic carbocycles. The predicted molar refractivity (Wildman–Crippen MR) is 139 cm³/mol. The number of allylic oxidation sites excluding steroid dienone is 4. The van der Waals surface area contributed by atoms with Gasteiger partial charge in [0.05, 0.1) is 11.6 Å². The normalized spacial score (nSPS) is 18.3. The number of dihydropyridines is 1. The lowest BCUT2D eigenvalue weighted by Crippen LogP contribution is -2.36. The topological polar surface area (TPSA) is 64.6 Å². The molecule has 0 radical (unpaired) electrons. The molecule has 1 heterocycles. The molecule has 35 heavy (non-hydrogen) atoms. The number of Topliss-reactive ketones (excluding diaryl/α,β-unsaturated/α-hetero) is 2. The molecule has 7 heteroatoms. The summed E-state index contributed by atoms with van der Waals surface area (Å²) in [5.74, 6) is 0.736. The zero-order chi connectivity index (χ0) is 24.5. The van der Waals surface area contributed by atoms with Gasteiger partial charge in [-0.15, -0.1) is 0 Å². The van der Waals surface area contributed by atoms with E-state index in [-0.39, 0.29) is 11.6 Å². The Morgan fingerprint density at radius 1 is 0.943 bits per heavy atom. The molecule has 2 aromatic rings. The van der Waals surface area contributed by atoms with Crippen LogP contribution in [0, 0.1) is 0 Å². The highest BCUT2D eigenvalue weighted by Crippen LogP contribution is 2.48. The molecule has 0 atom stereocenters. The number of benzene rings is 2. The van der Waals surface area contributed by atoms with Crippen LogP contribution in [0.3, 0.4) is 0 Å². The molecule has 0 aromatic heterocycles. The minimum atomic E-state index is -0.431. The van der Waals surface area contributed by atoms with Crippen LogP contribution < -0.4 is 14.8 Å². The van der Waals surface area contributed by atoms with Crippen molar-refractivity contribution in [1.82, 2.24) is 5.32 Å². The second kappa shape index (κ2) is 10.2. The van der Waals surface area contributed by atoms with Gasteiger partial charge in [0.25, 0.3) is 0 Å². The lowest BCUT2D eigenvalue weighted by atomic mass is 9.71. The van der Waals surface area contributed by atoms with Crippen LogP contribution in [0.4, 0.5) is 0 Å². The van der Waals surface area contributed by atoms with Gasteiger partial charge in [0.2, 0.25) is 0 Å². The fourth-order valence-corrected chi connectivity index (χ4v) is 5.75. The van der Waals surface area contributed by atoms with Crippen molar-refractivity contribution < 1.29 is 19.1 Å². The van der Waals surface area contributed by atoms with Gasteiger partial charge in [-0.2, -0.15) is 0 Å². The van der Waals surface area contributed by atoms with Crippen LogP contribution in [0.2, 0.25) is 5.02 Å². The molecule has 0 saturated heterocycles. The average Bonchev–Trinajstić information content (AvgIpc) is 2.84. The standard InChI is InChI=1S/C28H27BrClNO4/c1-2-34-24-14-17(13-19(30)28(24)35-15-16-9-11-18(29)12-10-16)25-26-20(5-3-7-22(26)32)31-21-6-4-8-23(33)27(21)25/h9-14,25,31H,2-8,15H2,1H3. The molecule has 182 valence electrons. The lowest BCUT2D eigenvalue weighted by Gasteiger charge is -2.37. The summed E-state index contributed by atoms with van der Waals surface area (Å²) >= 11 is 10.2. The van der Waals surface area contributed by atoms with E-state index in [4.69, 9.17) is 21.1 Å². The maximum absolute atomic E-state index is 13.1. The quantitative estimate of drug-likeness (QED) is 0.425. The Balaban J connectivity index is 1.56. The number of carbonyl (C=O) groups is 2. The van der Waals surface area contributed by atoms with Crippen LogP contribution in [0.15, 0.2) is 63.4 Å². The third-order valence-electron chi connectivity index (χ3n) is 6.75. The molecule has 1 aliphatic heterocycles. The van der Waals surface area contributed by atoms with E-state index in [0.29, 0.717) is 53.7 Å². The van der Waals surface area contributed by atoms with Crippen molar-refractivity contribution in [3.05, 3.63) is 79.6 Å². The van der Waals surface area contributed by atoms with Crippen LogP contribution in [-0.2, 0) is 16.2 Å². The van der Waals surface area contributed by atoms with Gasteiger partial charge in [-0.3, -0.25) is 9.59 Å². The fraction of sp³-hybridized carbons (Fsp3) is 0.357. The first-order valence-electron chi connectivity index (χ1n) is 12.1. The number of hydrogen-bond donors (Lipinski definition) is 1. The minimum Gasteiger partial charge on any atom is -0.490 e. The largest absolute Gasteiger partial charge is 0.490 e. The molecule has 3 aliphatic rings. The maximum Gasteiger partial charge on any atom is 0.180 e. The number of rotatable bonds is 6. The highest BCUT2D eigenvalue weighted by molar-refractivity contribution is 9.10. The Labute approximate surface area is 218 Å². The maximum atomic E-state index is 13.1. The van der Waals surface area contributed by atoms with E-state index in [9.17, 15) is 9.59 Å². The molecule has 0 spiro atoms.